The molecule has 0 aromatic heterocycles. The number of rotatable bonds is 4. The average Bonchev–Trinajstić information content (AvgIpc) is 2.67. The number of hydrogen-bond acceptors (Lipinski definition) is 2. The second-order valence-corrected chi connectivity index (χ2v) is 5.79. The predicted octanol–water partition coefficient (Wildman–Crippen LogP) is 4.39. The molecule has 1 aromatic carbocycles. The minimum Gasteiger partial charge on any atom is -0.371 e. The van der Waals surface area contributed by atoms with Crippen LogP contribution in [-0.2, 0) is 0 Å². The Morgan fingerprint density at radius 3 is 2.47 bits per heavy atom. The van der Waals surface area contributed by atoms with Gasteiger partial charge in [-0.2, -0.15) is 0 Å². The van der Waals surface area contributed by atoms with Crippen molar-refractivity contribution in [3.8, 4) is 0 Å². The van der Waals surface area contributed by atoms with Gasteiger partial charge in [0.05, 0.1) is 0 Å². The van der Waals surface area contributed by atoms with Crippen molar-refractivity contribution in [3.63, 3.8) is 0 Å². The second kappa shape index (κ2) is 7.16. The summed E-state index contributed by atoms with van der Waals surface area (Å²) in [7, 11) is 0. The summed E-state index contributed by atoms with van der Waals surface area (Å²) in [4.78, 5) is 2.47. The fourth-order valence-electron chi connectivity index (χ4n) is 2.81. The molecule has 1 N–H and O–H groups in total. The molecule has 0 spiro atoms. The molecule has 1 aliphatic heterocycles. The van der Waals surface area contributed by atoms with Gasteiger partial charge in [0.2, 0.25) is 0 Å². The number of benzene rings is 1. The summed E-state index contributed by atoms with van der Waals surface area (Å²) in [6.45, 7) is 7.58. The van der Waals surface area contributed by atoms with Crippen LogP contribution in [0.3, 0.4) is 0 Å². The summed E-state index contributed by atoms with van der Waals surface area (Å²) in [6, 6.07) is 6.85. The van der Waals surface area contributed by atoms with Gasteiger partial charge in [0.25, 0.3) is 0 Å². The monoisotopic (exact) mass is 280 g/mol. The first-order valence-corrected chi connectivity index (χ1v) is 7.88. The lowest BCUT2D eigenvalue weighted by Gasteiger charge is -2.24. The van der Waals surface area contributed by atoms with Gasteiger partial charge in [-0.25, -0.2) is 0 Å². The standard InChI is InChI=1S/C16H25ClN2/c1-3-18-13(2)15-9-8-14(12-16(15)17)19-10-6-4-5-7-11-19/h8-9,12-13,18H,3-7,10-11H2,1-2H3. The van der Waals surface area contributed by atoms with E-state index in [1.54, 1.807) is 0 Å². The SMILES string of the molecule is CCNC(C)c1ccc(N2CCCCCC2)cc1Cl. The van der Waals surface area contributed by atoms with Crippen LogP contribution in [0.4, 0.5) is 5.69 Å². The molecule has 1 aliphatic rings. The molecular weight excluding hydrogens is 256 g/mol. The van der Waals surface area contributed by atoms with Crippen molar-refractivity contribution >= 4 is 17.3 Å². The molecule has 1 unspecified atom stereocenters. The Bertz CT molecular complexity index is 398. The Kier molecular flexibility index (Phi) is 5.53. The van der Waals surface area contributed by atoms with E-state index in [-0.39, 0.29) is 0 Å². The third kappa shape index (κ3) is 3.87. The van der Waals surface area contributed by atoms with Crippen LogP contribution in [-0.4, -0.2) is 19.6 Å². The molecule has 2 nitrogen and oxygen atoms in total. The van der Waals surface area contributed by atoms with Crippen LogP contribution in [0.5, 0.6) is 0 Å². The predicted molar refractivity (Wildman–Crippen MR) is 84.2 cm³/mol. The van der Waals surface area contributed by atoms with E-state index in [0.717, 1.165) is 11.6 Å². The van der Waals surface area contributed by atoms with Crippen LogP contribution in [0.1, 0.15) is 51.1 Å². The Hall–Kier alpha value is -0.730. The van der Waals surface area contributed by atoms with Crippen molar-refractivity contribution in [2.45, 2.75) is 45.6 Å². The molecule has 19 heavy (non-hydrogen) atoms. The maximum atomic E-state index is 6.45. The minimum atomic E-state index is 0.315. The van der Waals surface area contributed by atoms with Crippen LogP contribution in [0, 0.1) is 0 Å². The van der Waals surface area contributed by atoms with Gasteiger partial charge in [0, 0.05) is 29.8 Å². The van der Waals surface area contributed by atoms with E-state index in [1.807, 2.05) is 0 Å². The summed E-state index contributed by atoms with van der Waals surface area (Å²) in [5.74, 6) is 0. The van der Waals surface area contributed by atoms with Crippen LogP contribution < -0.4 is 10.2 Å². The maximum Gasteiger partial charge on any atom is 0.0474 e. The highest BCUT2D eigenvalue weighted by Gasteiger charge is 2.13. The Balaban J connectivity index is 2.13. The number of nitrogens with zero attached hydrogens (tertiary/aromatic N) is 1. The molecular formula is C16H25ClN2. The van der Waals surface area contributed by atoms with Crippen molar-refractivity contribution in [2.75, 3.05) is 24.5 Å². The van der Waals surface area contributed by atoms with E-state index in [9.17, 15) is 0 Å². The molecule has 1 fully saturated rings. The van der Waals surface area contributed by atoms with Gasteiger partial charge in [-0.15, -0.1) is 0 Å². The Morgan fingerprint density at radius 1 is 1.21 bits per heavy atom. The summed E-state index contributed by atoms with van der Waals surface area (Å²) in [6.07, 6.45) is 5.32. The normalized spacial score (nSPS) is 18.2. The van der Waals surface area contributed by atoms with Gasteiger partial charge >= 0.3 is 0 Å². The third-order valence-corrected chi connectivity index (χ3v) is 4.26. The van der Waals surface area contributed by atoms with Crippen LogP contribution in [0.25, 0.3) is 0 Å². The zero-order valence-corrected chi connectivity index (χ0v) is 12.8. The molecule has 1 atom stereocenters. The number of halogens is 1. The lowest BCUT2D eigenvalue weighted by atomic mass is 10.1. The minimum absolute atomic E-state index is 0.315. The second-order valence-electron chi connectivity index (χ2n) is 5.39. The highest BCUT2D eigenvalue weighted by atomic mass is 35.5. The number of anilines is 1. The molecule has 1 saturated heterocycles. The first-order chi connectivity index (χ1) is 9.22. The largest absolute Gasteiger partial charge is 0.371 e. The number of hydrogen-bond donors (Lipinski definition) is 1. The highest BCUT2D eigenvalue weighted by molar-refractivity contribution is 6.31. The first kappa shape index (κ1) is 14.7. The van der Waals surface area contributed by atoms with E-state index in [0.29, 0.717) is 6.04 Å². The first-order valence-electron chi connectivity index (χ1n) is 7.50. The molecule has 0 amide bonds. The fraction of sp³-hybridized carbons (Fsp3) is 0.625. The zero-order valence-electron chi connectivity index (χ0n) is 12.1. The fourth-order valence-corrected chi connectivity index (χ4v) is 3.15. The molecule has 2 rings (SSSR count). The summed E-state index contributed by atoms with van der Waals surface area (Å²) >= 11 is 6.45. The van der Waals surface area contributed by atoms with Crippen molar-refractivity contribution in [1.82, 2.24) is 5.32 Å². The van der Waals surface area contributed by atoms with Gasteiger partial charge in [-0.3, -0.25) is 0 Å². The summed E-state index contributed by atoms with van der Waals surface area (Å²) < 4.78 is 0. The van der Waals surface area contributed by atoms with Crippen LogP contribution in [0.2, 0.25) is 5.02 Å². The van der Waals surface area contributed by atoms with E-state index in [2.05, 4.69) is 42.3 Å². The Morgan fingerprint density at radius 2 is 1.89 bits per heavy atom. The molecule has 0 radical (unpaired) electrons. The molecule has 0 aliphatic carbocycles. The average molecular weight is 281 g/mol. The number of nitrogens with one attached hydrogen (secondary N) is 1. The van der Waals surface area contributed by atoms with Crippen molar-refractivity contribution in [2.24, 2.45) is 0 Å². The van der Waals surface area contributed by atoms with Gasteiger partial charge in [-0.1, -0.05) is 37.4 Å². The van der Waals surface area contributed by atoms with Crippen molar-refractivity contribution < 1.29 is 0 Å². The highest BCUT2D eigenvalue weighted by Crippen LogP contribution is 2.29. The molecule has 1 heterocycles. The van der Waals surface area contributed by atoms with Gasteiger partial charge in [0.15, 0.2) is 0 Å². The Labute approximate surface area is 122 Å². The summed E-state index contributed by atoms with van der Waals surface area (Å²) in [5.41, 5.74) is 2.47. The molecule has 0 saturated carbocycles. The zero-order chi connectivity index (χ0) is 13.7. The lowest BCUT2D eigenvalue weighted by molar-refractivity contribution is 0.598. The molecule has 0 bridgehead atoms. The van der Waals surface area contributed by atoms with E-state index in [4.69, 9.17) is 11.6 Å². The maximum absolute atomic E-state index is 6.45. The van der Waals surface area contributed by atoms with Gasteiger partial charge in [0.1, 0.15) is 0 Å². The van der Waals surface area contributed by atoms with Crippen LogP contribution >= 0.6 is 11.6 Å². The molecule has 1 aromatic rings. The lowest BCUT2D eigenvalue weighted by Crippen LogP contribution is -2.24. The topological polar surface area (TPSA) is 15.3 Å². The third-order valence-electron chi connectivity index (χ3n) is 3.93. The van der Waals surface area contributed by atoms with Crippen LogP contribution in [0.15, 0.2) is 18.2 Å². The summed E-state index contributed by atoms with van der Waals surface area (Å²) in [5, 5.41) is 4.30. The van der Waals surface area contributed by atoms with E-state index >= 15 is 0 Å². The van der Waals surface area contributed by atoms with Gasteiger partial charge < -0.3 is 10.2 Å². The van der Waals surface area contributed by atoms with E-state index < -0.39 is 0 Å². The quantitative estimate of drug-likeness (QED) is 0.880. The van der Waals surface area contributed by atoms with E-state index in [1.165, 1.54) is 50.0 Å². The van der Waals surface area contributed by atoms with Crippen molar-refractivity contribution in [3.05, 3.63) is 28.8 Å². The smallest absolute Gasteiger partial charge is 0.0474 e. The van der Waals surface area contributed by atoms with Crippen molar-refractivity contribution in [1.29, 1.82) is 0 Å². The molecule has 106 valence electrons. The van der Waals surface area contributed by atoms with Gasteiger partial charge in [-0.05, 0) is 44.0 Å². The molecule has 3 heteroatoms.